The van der Waals surface area contributed by atoms with Crippen LogP contribution in [0.2, 0.25) is 5.02 Å². The Labute approximate surface area is 121 Å². The minimum Gasteiger partial charge on any atom is -0.329 e. The van der Waals surface area contributed by atoms with Crippen molar-refractivity contribution in [1.29, 1.82) is 0 Å². The first-order valence-electron chi connectivity index (χ1n) is 6.98. The van der Waals surface area contributed by atoms with Gasteiger partial charge in [0.25, 0.3) is 0 Å². The standard InChI is InChI=1S/C15H24ClN3/c1-18(2)14-7-9-19(10-8-14)15(11-17)12-3-5-13(16)6-4-12/h3-6,14-15H,7-11,17H2,1-2H3. The summed E-state index contributed by atoms with van der Waals surface area (Å²) in [4.78, 5) is 4.83. The average Bonchev–Trinajstić information content (AvgIpc) is 2.42. The van der Waals surface area contributed by atoms with E-state index in [0.717, 1.165) is 18.1 Å². The molecule has 1 heterocycles. The maximum atomic E-state index is 5.98. The Morgan fingerprint density at radius 3 is 2.32 bits per heavy atom. The van der Waals surface area contributed by atoms with Gasteiger partial charge in [-0.25, -0.2) is 0 Å². The van der Waals surface area contributed by atoms with Gasteiger partial charge >= 0.3 is 0 Å². The van der Waals surface area contributed by atoms with Gasteiger partial charge in [0.2, 0.25) is 0 Å². The quantitative estimate of drug-likeness (QED) is 0.920. The number of nitrogens with zero attached hydrogens (tertiary/aromatic N) is 2. The molecule has 2 rings (SSSR count). The van der Waals surface area contributed by atoms with E-state index in [1.165, 1.54) is 18.4 Å². The lowest BCUT2D eigenvalue weighted by atomic mass is 9.99. The lowest BCUT2D eigenvalue weighted by Gasteiger charge is -2.39. The minimum absolute atomic E-state index is 0.320. The molecule has 0 bridgehead atoms. The summed E-state index contributed by atoms with van der Waals surface area (Å²) in [5.74, 6) is 0. The molecule has 0 aliphatic carbocycles. The topological polar surface area (TPSA) is 32.5 Å². The van der Waals surface area contributed by atoms with Crippen LogP contribution in [0.5, 0.6) is 0 Å². The summed E-state index contributed by atoms with van der Waals surface area (Å²) >= 11 is 5.95. The van der Waals surface area contributed by atoms with E-state index in [1.54, 1.807) is 0 Å². The predicted molar refractivity (Wildman–Crippen MR) is 81.5 cm³/mol. The number of hydrogen-bond acceptors (Lipinski definition) is 3. The zero-order valence-electron chi connectivity index (χ0n) is 11.8. The highest BCUT2D eigenvalue weighted by Gasteiger charge is 2.26. The van der Waals surface area contributed by atoms with Crippen molar-refractivity contribution in [2.45, 2.75) is 24.9 Å². The maximum absolute atomic E-state index is 5.98. The van der Waals surface area contributed by atoms with E-state index in [-0.39, 0.29) is 0 Å². The summed E-state index contributed by atoms with van der Waals surface area (Å²) < 4.78 is 0. The summed E-state index contributed by atoms with van der Waals surface area (Å²) in [6.45, 7) is 2.90. The van der Waals surface area contributed by atoms with Crippen LogP contribution in [0.3, 0.4) is 0 Å². The molecule has 1 unspecified atom stereocenters. The molecule has 3 nitrogen and oxygen atoms in total. The van der Waals surface area contributed by atoms with Crippen molar-refractivity contribution in [3.8, 4) is 0 Å². The number of benzene rings is 1. The molecule has 1 aliphatic rings. The van der Waals surface area contributed by atoms with Gasteiger partial charge in [-0.3, -0.25) is 4.90 Å². The number of nitrogens with two attached hydrogens (primary N) is 1. The Morgan fingerprint density at radius 2 is 1.84 bits per heavy atom. The fourth-order valence-electron chi connectivity index (χ4n) is 2.89. The fourth-order valence-corrected chi connectivity index (χ4v) is 3.02. The van der Waals surface area contributed by atoms with E-state index in [1.807, 2.05) is 12.1 Å². The maximum Gasteiger partial charge on any atom is 0.0470 e. The van der Waals surface area contributed by atoms with Crippen molar-refractivity contribution in [1.82, 2.24) is 9.80 Å². The SMILES string of the molecule is CN(C)C1CCN(C(CN)c2ccc(Cl)cc2)CC1. The molecule has 1 atom stereocenters. The Hall–Kier alpha value is -0.610. The van der Waals surface area contributed by atoms with Crippen LogP contribution in [-0.4, -0.2) is 49.6 Å². The molecule has 0 radical (unpaired) electrons. The highest BCUT2D eigenvalue weighted by Crippen LogP contribution is 2.26. The zero-order chi connectivity index (χ0) is 13.8. The first-order valence-corrected chi connectivity index (χ1v) is 7.35. The van der Waals surface area contributed by atoms with Gasteiger partial charge in [0.05, 0.1) is 0 Å². The predicted octanol–water partition coefficient (Wildman–Crippen LogP) is 2.37. The van der Waals surface area contributed by atoms with Crippen molar-refractivity contribution in [2.24, 2.45) is 5.73 Å². The molecule has 2 N–H and O–H groups in total. The smallest absolute Gasteiger partial charge is 0.0470 e. The summed E-state index contributed by atoms with van der Waals surface area (Å²) in [5.41, 5.74) is 7.26. The number of rotatable bonds is 4. The van der Waals surface area contributed by atoms with E-state index in [9.17, 15) is 0 Å². The second kappa shape index (κ2) is 6.71. The van der Waals surface area contributed by atoms with Gasteiger partial charge in [-0.15, -0.1) is 0 Å². The summed E-state index contributed by atoms with van der Waals surface area (Å²) in [5, 5.41) is 0.783. The Bertz CT molecular complexity index is 383. The molecule has 1 aromatic rings. The summed E-state index contributed by atoms with van der Waals surface area (Å²) in [6, 6.07) is 9.12. The third-order valence-corrected chi connectivity index (χ3v) is 4.40. The van der Waals surface area contributed by atoms with Crippen molar-refractivity contribution >= 4 is 11.6 Å². The second-order valence-corrected chi connectivity index (χ2v) is 5.97. The molecule has 0 saturated carbocycles. The van der Waals surface area contributed by atoms with Crippen LogP contribution in [0.25, 0.3) is 0 Å². The first kappa shape index (κ1) is 14.8. The van der Waals surface area contributed by atoms with Gasteiger partial charge in [-0.05, 0) is 44.6 Å². The van der Waals surface area contributed by atoms with Gasteiger partial charge in [-0.2, -0.15) is 0 Å². The van der Waals surface area contributed by atoms with Gasteiger partial charge in [-0.1, -0.05) is 23.7 Å². The van der Waals surface area contributed by atoms with E-state index in [4.69, 9.17) is 17.3 Å². The molecule has 1 aliphatic heterocycles. The molecule has 1 aromatic carbocycles. The minimum atomic E-state index is 0.320. The van der Waals surface area contributed by atoms with Gasteiger partial charge < -0.3 is 10.6 Å². The van der Waals surface area contributed by atoms with Crippen LogP contribution < -0.4 is 5.73 Å². The zero-order valence-corrected chi connectivity index (χ0v) is 12.6. The molecule has 4 heteroatoms. The Balaban J connectivity index is 2.01. The Morgan fingerprint density at radius 1 is 1.26 bits per heavy atom. The molecule has 19 heavy (non-hydrogen) atoms. The molecular formula is C15H24ClN3. The van der Waals surface area contributed by atoms with Crippen molar-refractivity contribution in [3.05, 3.63) is 34.9 Å². The van der Waals surface area contributed by atoms with E-state index >= 15 is 0 Å². The lowest BCUT2D eigenvalue weighted by Crippen LogP contribution is -2.45. The number of likely N-dealkylation sites (tertiary alicyclic amines) is 1. The normalized spacial score (nSPS) is 19.8. The second-order valence-electron chi connectivity index (χ2n) is 5.53. The summed E-state index contributed by atoms with van der Waals surface area (Å²) in [7, 11) is 4.33. The van der Waals surface area contributed by atoms with Crippen molar-refractivity contribution in [2.75, 3.05) is 33.7 Å². The van der Waals surface area contributed by atoms with Crippen LogP contribution in [0, 0.1) is 0 Å². The summed E-state index contributed by atoms with van der Waals surface area (Å²) in [6.07, 6.45) is 2.44. The van der Waals surface area contributed by atoms with Crippen LogP contribution in [0.4, 0.5) is 0 Å². The largest absolute Gasteiger partial charge is 0.329 e. The van der Waals surface area contributed by atoms with Crippen LogP contribution in [-0.2, 0) is 0 Å². The number of piperidine rings is 1. The van der Waals surface area contributed by atoms with E-state index in [0.29, 0.717) is 18.6 Å². The molecule has 1 saturated heterocycles. The van der Waals surface area contributed by atoms with Crippen molar-refractivity contribution < 1.29 is 0 Å². The monoisotopic (exact) mass is 281 g/mol. The molecule has 106 valence electrons. The third kappa shape index (κ3) is 3.69. The average molecular weight is 282 g/mol. The fraction of sp³-hybridized carbons (Fsp3) is 0.600. The molecular weight excluding hydrogens is 258 g/mol. The number of hydrogen-bond donors (Lipinski definition) is 1. The van der Waals surface area contributed by atoms with Crippen LogP contribution in [0.15, 0.2) is 24.3 Å². The highest BCUT2D eigenvalue weighted by atomic mass is 35.5. The van der Waals surface area contributed by atoms with Gasteiger partial charge in [0, 0.05) is 36.7 Å². The van der Waals surface area contributed by atoms with Crippen molar-refractivity contribution in [3.63, 3.8) is 0 Å². The molecule has 0 amide bonds. The Kier molecular flexibility index (Phi) is 5.22. The van der Waals surface area contributed by atoms with E-state index < -0.39 is 0 Å². The van der Waals surface area contributed by atoms with Gasteiger partial charge in [0.1, 0.15) is 0 Å². The molecule has 0 aromatic heterocycles. The molecule has 1 fully saturated rings. The van der Waals surface area contributed by atoms with E-state index in [2.05, 4.69) is 36.0 Å². The third-order valence-electron chi connectivity index (χ3n) is 4.15. The van der Waals surface area contributed by atoms with Crippen LogP contribution in [0.1, 0.15) is 24.4 Å². The number of halogens is 1. The van der Waals surface area contributed by atoms with Gasteiger partial charge in [0.15, 0.2) is 0 Å². The highest BCUT2D eigenvalue weighted by molar-refractivity contribution is 6.30. The first-order chi connectivity index (χ1) is 9.11. The van der Waals surface area contributed by atoms with Crippen LogP contribution >= 0.6 is 11.6 Å². The molecule has 0 spiro atoms. The lowest BCUT2D eigenvalue weighted by molar-refractivity contribution is 0.111.